The molecule has 2 aliphatic heterocycles. The van der Waals surface area contributed by atoms with Crippen molar-refractivity contribution in [1.29, 1.82) is 0 Å². The van der Waals surface area contributed by atoms with Crippen LogP contribution >= 0.6 is 0 Å². The molecule has 4 heterocycles. The molecule has 0 radical (unpaired) electrons. The third-order valence-electron chi connectivity index (χ3n) is 7.47. The van der Waals surface area contributed by atoms with Crippen LogP contribution in [-0.4, -0.2) is 74.8 Å². The summed E-state index contributed by atoms with van der Waals surface area (Å²) in [6.07, 6.45) is 7.90. The zero-order valence-corrected chi connectivity index (χ0v) is 24.2. The molecule has 2 aromatic heterocycles. The van der Waals surface area contributed by atoms with Crippen molar-refractivity contribution in [1.82, 2.24) is 24.3 Å². The van der Waals surface area contributed by atoms with Crippen LogP contribution in [0.25, 0.3) is 11.0 Å². The minimum atomic E-state index is -0.284. The number of hydrogen-bond donors (Lipinski definition) is 1. The molecule has 1 aromatic carbocycles. The molecule has 0 saturated carbocycles. The van der Waals surface area contributed by atoms with Gasteiger partial charge in [0.15, 0.2) is 0 Å². The van der Waals surface area contributed by atoms with E-state index in [1.807, 2.05) is 48.4 Å². The zero-order chi connectivity index (χ0) is 29.4. The average Bonchev–Trinajstić information content (AvgIpc) is 3.19. The molecule has 3 amide bonds. The van der Waals surface area contributed by atoms with E-state index in [1.54, 1.807) is 23.2 Å². The van der Waals surface area contributed by atoms with Crippen LogP contribution in [-0.2, 0) is 9.59 Å². The Morgan fingerprint density at radius 2 is 1.88 bits per heavy atom. The molecule has 2 aliphatic rings. The number of para-hydroxylation sites is 1. The van der Waals surface area contributed by atoms with Crippen molar-refractivity contribution < 1.29 is 19.1 Å². The molecular formula is C31H40N6O4. The number of imidazole rings is 1. The van der Waals surface area contributed by atoms with Crippen molar-refractivity contribution in [2.24, 2.45) is 0 Å². The van der Waals surface area contributed by atoms with Gasteiger partial charge >= 0.3 is 0 Å². The number of anilines is 1. The highest BCUT2D eigenvalue weighted by atomic mass is 16.5. The molecule has 1 unspecified atom stereocenters. The summed E-state index contributed by atoms with van der Waals surface area (Å²) >= 11 is 0. The lowest BCUT2D eigenvalue weighted by atomic mass is 10.1. The second-order valence-corrected chi connectivity index (χ2v) is 10.2. The number of likely N-dealkylation sites (tertiary alicyclic amines) is 2. The van der Waals surface area contributed by atoms with Crippen LogP contribution in [0.1, 0.15) is 68.0 Å². The van der Waals surface area contributed by atoms with Gasteiger partial charge in [-0.15, -0.1) is 0 Å². The lowest BCUT2D eigenvalue weighted by Crippen LogP contribution is -2.37. The van der Waals surface area contributed by atoms with Crippen molar-refractivity contribution in [2.45, 2.75) is 65.0 Å². The summed E-state index contributed by atoms with van der Waals surface area (Å²) in [5.74, 6) is 0.695. The van der Waals surface area contributed by atoms with Gasteiger partial charge in [-0.3, -0.25) is 24.7 Å². The minimum absolute atomic E-state index is 0.0408. The van der Waals surface area contributed by atoms with Gasteiger partial charge in [0, 0.05) is 56.5 Å². The third-order valence-corrected chi connectivity index (χ3v) is 7.47. The number of carbonyl (C=O) groups is 3. The number of nitrogens with one attached hydrogen (secondary N) is 1. The number of carbonyl (C=O) groups excluding carboxylic acids is 3. The molecule has 1 N–H and O–H groups in total. The van der Waals surface area contributed by atoms with Gasteiger partial charge in [0.05, 0.1) is 11.6 Å². The Balaban J connectivity index is 0.00000189. The molecule has 218 valence electrons. The molecule has 2 fully saturated rings. The first-order chi connectivity index (χ1) is 20.0. The lowest BCUT2D eigenvalue weighted by Gasteiger charge is -2.30. The molecule has 3 aromatic rings. The SMILES string of the molecule is C=CC(=O)N1CCCCC(n2c(NC(=O)c3ccnc(C)c3)nc3cccc(OC4CCN(C=O)CC4)c32)C1.CC. The maximum atomic E-state index is 13.3. The quantitative estimate of drug-likeness (QED) is 0.330. The van der Waals surface area contributed by atoms with E-state index in [2.05, 4.69) is 16.9 Å². The van der Waals surface area contributed by atoms with Crippen molar-refractivity contribution in [2.75, 3.05) is 31.5 Å². The van der Waals surface area contributed by atoms with Gasteiger partial charge in [-0.05, 0) is 56.5 Å². The van der Waals surface area contributed by atoms with Crippen molar-refractivity contribution in [3.63, 3.8) is 0 Å². The summed E-state index contributed by atoms with van der Waals surface area (Å²) in [7, 11) is 0. The number of amides is 3. The largest absolute Gasteiger partial charge is 0.488 e. The summed E-state index contributed by atoms with van der Waals surface area (Å²) < 4.78 is 8.55. The maximum absolute atomic E-state index is 13.3. The maximum Gasteiger partial charge on any atom is 0.258 e. The van der Waals surface area contributed by atoms with Gasteiger partial charge in [0.25, 0.3) is 5.91 Å². The highest BCUT2D eigenvalue weighted by Gasteiger charge is 2.29. The first kappa shape index (κ1) is 29.8. The second kappa shape index (κ2) is 13.9. The Morgan fingerprint density at radius 1 is 1.10 bits per heavy atom. The lowest BCUT2D eigenvalue weighted by molar-refractivity contribution is -0.126. The molecule has 0 spiro atoms. The summed E-state index contributed by atoms with van der Waals surface area (Å²) in [4.78, 5) is 49.7. The van der Waals surface area contributed by atoms with E-state index in [9.17, 15) is 14.4 Å². The number of aryl methyl sites for hydroxylation is 1. The Bertz CT molecular complexity index is 1380. The fourth-order valence-corrected chi connectivity index (χ4v) is 5.45. The Kier molecular flexibility index (Phi) is 10.1. The van der Waals surface area contributed by atoms with Crippen LogP contribution in [0, 0.1) is 6.92 Å². The van der Waals surface area contributed by atoms with E-state index < -0.39 is 0 Å². The number of pyridine rings is 1. The third kappa shape index (κ3) is 6.93. The van der Waals surface area contributed by atoms with Crippen molar-refractivity contribution in [3.8, 4) is 5.75 Å². The van der Waals surface area contributed by atoms with Crippen LogP contribution in [0.2, 0.25) is 0 Å². The number of ether oxygens (including phenoxy) is 1. The van der Waals surface area contributed by atoms with Gasteiger partial charge in [-0.2, -0.15) is 0 Å². The predicted octanol–water partition coefficient (Wildman–Crippen LogP) is 4.76. The second-order valence-electron chi connectivity index (χ2n) is 10.2. The van der Waals surface area contributed by atoms with Gasteiger partial charge in [0.1, 0.15) is 17.4 Å². The molecule has 0 aliphatic carbocycles. The van der Waals surface area contributed by atoms with Crippen LogP contribution in [0.5, 0.6) is 5.75 Å². The first-order valence-corrected chi connectivity index (χ1v) is 14.5. The van der Waals surface area contributed by atoms with E-state index >= 15 is 0 Å². The molecule has 0 bridgehead atoms. The van der Waals surface area contributed by atoms with Gasteiger partial charge in [0.2, 0.25) is 18.3 Å². The predicted molar refractivity (Wildman–Crippen MR) is 159 cm³/mol. The molecule has 5 rings (SSSR count). The monoisotopic (exact) mass is 560 g/mol. The number of aromatic nitrogens is 3. The van der Waals surface area contributed by atoms with Gasteiger partial charge < -0.3 is 19.1 Å². The number of benzene rings is 1. The number of piperidine rings is 1. The van der Waals surface area contributed by atoms with E-state index in [1.165, 1.54) is 6.08 Å². The van der Waals surface area contributed by atoms with Crippen LogP contribution in [0.15, 0.2) is 49.2 Å². The van der Waals surface area contributed by atoms with Crippen LogP contribution in [0.3, 0.4) is 0 Å². The first-order valence-electron chi connectivity index (χ1n) is 14.5. The zero-order valence-electron chi connectivity index (χ0n) is 24.2. The molecule has 10 heteroatoms. The standard InChI is InChI=1S/C29H34N6O4.C2H6/c1-3-26(37)34-14-5-4-7-22(18-34)35-27-24(31-29(35)32-28(38)21-10-13-30-20(2)17-21)8-6-9-25(27)39-23-11-15-33(19-36)16-12-23;1-2/h3,6,8-10,13,17,19,22-23H,1,4-5,7,11-12,14-16,18H2,2H3,(H,31,32,38);1-2H3. The van der Waals surface area contributed by atoms with E-state index in [0.717, 1.165) is 49.7 Å². The van der Waals surface area contributed by atoms with Crippen LogP contribution < -0.4 is 10.1 Å². The van der Waals surface area contributed by atoms with Crippen LogP contribution in [0.4, 0.5) is 5.95 Å². The Hall–Kier alpha value is -4.21. The van der Waals surface area contributed by atoms with Crippen molar-refractivity contribution >= 4 is 35.2 Å². The van der Waals surface area contributed by atoms with E-state index in [0.29, 0.717) is 49.0 Å². The summed E-state index contributed by atoms with van der Waals surface area (Å²) in [6, 6.07) is 9.01. The summed E-state index contributed by atoms with van der Waals surface area (Å²) in [6.45, 7) is 11.9. The number of fused-ring (bicyclic) bond motifs is 1. The average molecular weight is 561 g/mol. The topological polar surface area (TPSA) is 110 Å². The molecule has 1 atom stereocenters. The van der Waals surface area contributed by atoms with E-state index in [4.69, 9.17) is 9.72 Å². The van der Waals surface area contributed by atoms with Gasteiger partial charge in [-0.25, -0.2) is 4.98 Å². The summed E-state index contributed by atoms with van der Waals surface area (Å²) in [5.41, 5.74) is 2.72. The molecular weight excluding hydrogens is 520 g/mol. The highest BCUT2D eigenvalue weighted by Crippen LogP contribution is 2.36. The summed E-state index contributed by atoms with van der Waals surface area (Å²) in [5, 5.41) is 3.02. The molecule has 2 saturated heterocycles. The molecule has 41 heavy (non-hydrogen) atoms. The fraction of sp³-hybridized carbons (Fsp3) is 0.452. The normalized spacial score (nSPS) is 17.7. The molecule has 10 nitrogen and oxygen atoms in total. The fourth-order valence-electron chi connectivity index (χ4n) is 5.45. The number of rotatable bonds is 7. The van der Waals surface area contributed by atoms with Gasteiger partial charge in [-0.1, -0.05) is 26.5 Å². The van der Waals surface area contributed by atoms with Crippen molar-refractivity contribution in [3.05, 3.63) is 60.4 Å². The Labute approximate surface area is 241 Å². The van der Waals surface area contributed by atoms with E-state index in [-0.39, 0.29) is 24.0 Å². The smallest absolute Gasteiger partial charge is 0.258 e. The highest BCUT2D eigenvalue weighted by molar-refractivity contribution is 6.04. The number of hydrogen-bond acceptors (Lipinski definition) is 6. The number of nitrogens with zero attached hydrogens (tertiary/aromatic N) is 5. The Morgan fingerprint density at radius 3 is 2.59 bits per heavy atom. The minimum Gasteiger partial charge on any atom is -0.488 e.